The van der Waals surface area contributed by atoms with Gasteiger partial charge in [0.15, 0.2) is 0 Å². The smallest absolute Gasteiger partial charge is 0.243 e. The van der Waals surface area contributed by atoms with Crippen LogP contribution in [-0.4, -0.2) is 60.2 Å². The summed E-state index contributed by atoms with van der Waals surface area (Å²) in [5.41, 5.74) is 8.16. The van der Waals surface area contributed by atoms with E-state index in [4.69, 9.17) is 5.73 Å². The van der Waals surface area contributed by atoms with Crippen molar-refractivity contribution in [1.29, 1.82) is 0 Å². The number of carbonyl (C=O) groups is 1. The topological polar surface area (TPSA) is 133 Å². The second kappa shape index (κ2) is 15.9. The van der Waals surface area contributed by atoms with E-state index in [9.17, 15) is 18.6 Å². The standard InChI is InChI=1S/C50H75N3O5S/c1-32(2)30-53(59(57,58)36-17-15-35(51)16-18-36)31-40(54)39(29-34-13-11-10-12-14-34)52-45(56)50-26-21-37(33(3)4)44(50)38-19-20-42-47(7)24-23-43(55)46(5,6)41(47)22-25-49(42,9)48(38,8)27-28-50/h10-18,32,37-44,54-55H,3,19-31,51H2,1-2,4-9H3,(H,52,56)/t37-,38+,39-,40+,41-,42+,43-,44+,47-,48+,49+,50-/m0/s1. The third kappa shape index (κ3) is 7.33. The molecule has 5 aliphatic carbocycles. The lowest BCUT2D eigenvalue weighted by atomic mass is 9.32. The predicted octanol–water partition coefficient (Wildman–Crippen LogP) is 9.02. The number of amides is 1. The molecule has 5 fully saturated rings. The second-order valence-corrected chi connectivity index (χ2v) is 23.8. The van der Waals surface area contributed by atoms with Crippen LogP contribution in [-0.2, 0) is 21.2 Å². The summed E-state index contributed by atoms with van der Waals surface area (Å²) >= 11 is 0. The molecule has 5 N–H and O–H groups in total. The lowest BCUT2D eigenvalue weighted by Gasteiger charge is -2.72. The molecule has 5 aliphatic rings. The van der Waals surface area contributed by atoms with E-state index in [2.05, 4.69) is 53.4 Å². The molecule has 0 aliphatic heterocycles. The third-order valence-electron chi connectivity index (χ3n) is 18.1. The molecule has 0 unspecified atom stereocenters. The molecule has 5 saturated carbocycles. The van der Waals surface area contributed by atoms with Gasteiger partial charge in [-0.25, -0.2) is 8.42 Å². The van der Waals surface area contributed by atoms with Crippen LogP contribution >= 0.6 is 0 Å². The van der Waals surface area contributed by atoms with Crippen LogP contribution in [0.25, 0.3) is 0 Å². The van der Waals surface area contributed by atoms with E-state index in [1.165, 1.54) is 16.4 Å². The fraction of sp³-hybridized carbons (Fsp3) is 0.700. The highest BCUT2D eigenvalue weighted by atomic mass is 32.2. The van der Waals surface area contributed by atoms with Gasteiger partial charge in [0.05, 0.1) is 28.6 Å². The lowest BCUT2D eigenvalue weighted by molar-refractivity contribution is -0.246. The Morgan fingerprint density at radius 2 is 1.54 bits per heavy atom. The van der Waals surface area contributed by atoms with Gasteiger partial charge in [0.25, 0.3) is 0 Å². The summed E-state index contributed by atoms with van der Waals surface area (Å²) in [5.74, 6) is 1.82. The highest BCUT2D eigenvalue weighted by Crippen LogP contribution is 2.77. The fourth-order valence-corrected chi connectivity index (χ4v) is 16.4. The Morgan fingerprint density at radius 3 is 2.19 bits per heavy atom. The molecular formula is C50H75N3O5S. The lowest BCUT2D eigenvalue weighted by Crippen LogP contribution is -2.67. The zero-order valence-corrected chi connectivity index (χ0v) is 38.2. The number of allylic oxidation sites excluding steroid dienone is 1. The number of nitrogens with two attached hydrogens (primary N) is 1. The molecule has 0 heterocycles. The Hall–Kier alpha value is -2.72. The van der Waals surface area contributed by atoms with E-state index in [-0.39, 0.29) is 69.4 Å². The number of fused-ring (bicyclic) bond motifs is 7. The van der Waals surface area contributed by atoms with E-state index in [0.717, 1.165) is 75.3 Å². The summed E-state index contributed by atoms with van der Waals surface area (Å²) < 4.78 is 29.6. The quantitative estimate of drug-likeness (QED) is 0.125. The average molecular weight is 830 g/mol. The van der Waals surface area contributed by atoms with Crippen LogP contribution < -0.4 is 11.1 Å². The molecule has 0 radical (unpaired) electrons. The van der Waals surface area contributed by atoms with Crippen molar-refractivity contribution in [1.82, 2.24) is 9.62 Å². The number of hydrogen-bond acceptors (Lipinski definition) is 6. The number of nitrogens with one attached hydrogen (secondary N) is 1. The van der Waals surface area contributed by atoms with Gasteiger partial charge in [0, 0.05) is 18.8 Å². The van der Waals surface area contributed by atoms with Gasteiger partial charge >= 0.3 is 0 Å². The van der Waals surface area contributed by atoms with Crippen LogP contribution in [0, 0.1) is 62.6 Å². The largest absolute Gasteiger partial charge is 0.399 e. The van der Waals surface area contributed by atoms with Crippen molar-refractivity contribution in [2.45, 2.75) is 149 Å². The SMILES string of the molecule is C=C(C)[C@@H]1CC[C@]2(C(=O)N[C@@H](Cc3ccccc3)[C@H](O)CN(CC(C)C)S(=O)(=O)c3ccc(N)cc3)CC[C@]3(C)[C@H](CC[C@@H]4[C@@]5(C)CC[C@H](O)C(C)(C)[C@@H]5CC[C@]43C)[C@@H]12. The molecule has 9 heteroatoms. The number of benzene rings is 2. The molecule has 12 atom stereocenters. The second-order valence-electron chi connectivity index (χ2n) is 21.8. The molecule has 0 bridgehead atoms. The van der Waals surface area contributed by atoms with Gasteiger partial charge in [-0.2, -0.15) is 4.31 Å². The van der Waals surface area contributed by atoms with E-state index >= 15 is 4.79 Å². The van der Waals surface area contributed by atoms with Crippen molar-refractivity contribution in [3.05, 3.63) is 72.3 Å². The van der Waals surface area contributed by atoms with Crippen molar-refractivity contribution in [2.75, 3.05) is 18.8 Å². The van der Waals surface area contributed by atoms with Gasteiger partial charge in [-0.05, 0) is 165 Å². The molecule has 59 heavy (non-hydrogen) atoms. The van der Waals surface area contributed by atoms with Crippen LogP contribution in [0.1, 0.15) is 125 Å². The van der Waals surface area contributed by atoms with Gasteiger partial charge in [0.2, 0.25) is 15.9 Å². The summed E-state index contributed by atoms with van der Waals surface area (Å²) in [4.78, 5) is 15.6. The number of aliphatic hydroxyl groups excluding tert-OH is 2. The van der Waals surface area contributed by atoms with E-state index in [1.807, 2.05) is 44.2 Å². The zero-order chi connectivity index (χ0) is 42.9. The molecule has 0 spiro atoms. The Balaban J connectivity index is 1.20. The zero-order valence-electron chi connectivity index (χ0n) is 37.3. The van der Waals surface area contributed by atoms with E-state index in [0.29, 0.717) is 29.9 Å². The van der Waals surface area contributed by atoms with Crippen LogP contribution in [0.15, 0.2) is 71.6 Å². The van der Waals surface area contributed by atoms with E-state index in [1.54, 1.807) is 12.1 Å². The van der Waals surface area contributed by atoms with Crippen molar-refractivity contribution >= 4 is 21.6 Å². The monoisotopic (exact) mass is 830 g/mol. The third-order valence-corrected chi connectivity index (χ3v) is 19.9. The van der Waals surface area contributed by atoms with Crippen LogP contribution in [0.3, 0.4) is 0 Å². The van der Waals surface area contributed by atoms with Crippen LogP contribution in [0.4, 0.5) is 5.69 Å². The predicted molar refractivity (Wildman–Crippen MR) is 238 cm³/mol. The van der Waals surface area contributed by atoms with Crippen molar-refractivity contribution in [3.63, 3.8) is 0 Å². The molecular weight excluding hydrogens is 755 g/mol. The van der Waals surface area contributed by atoms with Crippen LogP contribution in [0.5, 0.6) is 0 Å². The fourth-order valence-electron chi connectivity index (χ4n) is 14.8. The Labute approximate surface area is 356 Å². The van der Waals surface area contributed by atoms with Gasteiger partial charge in [-0.1, -0.05) is 91.0 Å². The number of nitrogen functional groups attached to an aromatic ring is 1. The van der Waals surface area contributed by atoms with Crippen LogP contribution in [0.2, 0.25) is 0 Å². The highest BCUT2D eigenvalue weighted by Gasteiger charge is 2.72. The average Bonchev–Trinajstić information content (AvgIpc) is 3.58. The van der Waals surface area contributed by atoms with Crippen molar-refractivity contribution in [2.24, 2.45) is 62.6 Å². The minimum Gasteiger partial charge on any atom is -0.399 e. The molecule has 0 saturated heterocycles. The molecule has 2 aromatic rings. The molecule has 2 aromatic carbocycles. The Bertz CT molecular complexity index is 1970. The van der Waals surface area contributed by atoms with Gasteiger partial charge < -0.3 is 21.3 Å². The number of rotatable bonds is 12. The normalized spacial score (nSPS) is 37.4. The number of nitrogens with zero attached hydrogens (tertiary/aromatic N) is 1. The summed E-state index contributed by atoms with van der Waals surface area (Å²) in [5, 5.41) is 26.9. The number of sulfonamides is 1. The first-order valence-corrected chi connectivity index (χ1v) is 24.3. The van der Waals surface area contributed by atoms with E-state index < -0.39 is 27.6 Å². The maximum Gasteiger partial charge on any atom is 0.243 e. The molecule has 0 aromatic heterocycles. The first-order chi connectivity index (χ1) is 27.6. The summed E-state index contributed by atoms with van der Waals surface area (Å²) in [7, 11) is -3.97. The molecule has 7 rings (SSSR count). The highest BCUT2D eigenvalue weighted by molar-refractivity contribution is 7.89. The first-order valence-electron chi connectivity index (χ1n) is 22.8. The summed E-state index contributed by atoms with van der Waals surface area (Å²) in [6.45, 7) is 23.1. The summed E-state index contributed by atoms with van der Waals surface area (Å²) in [6, 6.07) is 15.4. The maximum absolute atomic E-state index is 15.5. The number of carbonyl (C=O) groups excluding carboxylic acids is 1. The van der Waals surface area contributed by atoms with Gasteiger partial charge in [0.1, 0.15) is 0 Å². The van der Waals surface area contributed by atoms with Gasteiger partial charge in [-0.15, -0.1) is 0 Å². The van der Waals surface area contributed by atoms with Gasteiger partial charge in [-0.3, -0.25) is 4.79 Å². The number of aliphatic hydroxyl groups is 2. The molecule has 1 amide bonds. The maximum atomic E-state index is 15.5. The minimum atomic E-state index is -3.97. The van der Waals surface area contributed by atoms with Crippen molar-refractivity contribution in [3.8, 4) is 0 Å². The van der Waals surface area contributed by atoms with Crippen molar-refractivity contribution < 1.29 is 23.4 Å². The number of anilines is 1. The Kier molecular flexibility index (Phi) is 11.9. The Morgan fingerprint density at radius 1 is 0.864 bits per heavy atom. The summed E-state index contributed by atoms with van der Waals surface area (Å²) in [6.07, 6.45) is 8.95. The molecule has 326 valence electrons. The number of hydrogen-bond donors (Lipinski definition) is 4. The first kappa shape index (κ1) is 44.3. The molecule has 8 nitrogen and oxygen atoms in total. The minimum absolute atomic E-state index is 0.00691.